The van der Waals surface area contributed by atoms with Gasteiger partial charge in [0.1, 0.15) is 0 Å². The van der Waals surface area contributed by atoms with Crippen molar-refractivity contribution < 1.29 is 14.4 Å². The zero-order chi connectivity index (χ0) is 12.0. The van der Waals surface area contributed by atoms with Crippen LogP contribution in [0.1, 0.15) is 12.8 Å². The quantitative estimate of drug-likeness (QED) is 0.542. The molecule has 3 atom stereocenters. The molecule has 0 unspecified atom stereocenters. The number of nitrogens with zero attached hydrogens (tertiary/aromatic N) is 1. The summed E-state index contributed by atoms with van der Waals surface area (Å²) in [6, 6.07) is -0.119. The molecule has 3 rings (SSSR count). The van der Waals surface area contributed by atoms with E-state index < -0.39 is 0 Å². The summed E-state index contributed by atoms with van der Waals surface area (Å²) in [5, 5.41) is 5.46. The van der Waals surface area contributed by atoms with Crippen LogP contribution < -0.4 is 10.6 Å². The molecule has 3 saturated heterocycles. The van der Waals surface area contributed by atoms with E-state index in [1.165, 1.54) is 0 Å². The third-order valence-electron chi connectivity index (χ3n) is 3.91. The first-order chi connectivity index (χ1) is 8.16. The van der Waals surface area contributed by atoms with Gasteiger partial charge in [-0.25, -0.2) is 0 Å². The minimum atomic E-state index is -0.326. The van der Waals surface area contributed by atoms with Crippen molar-refractivity contribution in [3.8, 4) is 0 Å². The van der Waals surface area contributed by atoms with Gasteiger partial charge in [-0.2, -0.15) is 0 Å². The summed E-state index contributed by atoms with van der Waals surface area (Å²) in [5.74, 6) is -1.07. The summed E-state index contributed by atoms with van der Waals surface area (Å²) in [6.07, 6.45) is 1.86. The molecule has 3 aliphatic heterocycles. The van der Waals surface area contributed by atoms with Crippen LogP contribution in [0.2, 0.25) is 0 Å². The molecule has 6 nitrogen and oxygen atoms in total. The predicted molar refractivity (Wildman–Crippen MR) is 57.7 cm³/mol. The summed E-state index contributed by atoms with van der Waals surface area (Å²) >= 11 is 0. The highest BCUT2D eigenvalue weighted by molar-refractivity contribution is 6.06. The van der Waals surface area contributed by atoms with Crippen molar-refractivity contribution in [2.24, 2.45) is 11.8 Å². The lowest BCUT2D eigenvalue weighted by molar-refractivity contribution is -0.133. The molecule has 2 N–H and O–H groups in total. The van der Waals surface area contributed by atoms with Crippen LogP contribution in [0.15, 0.2) is 0 Å². The lowest BCUT2D eigenvalue weighted by atomic mass is 10.00. The van der Waals surface area contributed by atoms with Crippen LogP contribution in [-0.4, -0.2) is 48.3 Å². The molecule has 3 aliphatic rings. The lowest BCUT2D eigenvalue weighted by Gasteiger charge is -2.21. The molecule has 0 radical (unpaired) electrons. The topological polar surface area (TPSA) is 78.5 Å². The molecule has 3 fully saturated rings. The third-order valence-corrected chi connectivity index (χ3v) is 3.91. The van der Waals surface area contributed by atoms with Gasteiger partial charge in [0.05, 0.1) is 17.9 Å². The average Bonchev–Trinajstić information content (AvgIpc) is 3.00. The zero-order valence-electron chi connectivity index (χ0n) is 9.44. The van der Waals surface area contributed by atoms with Crippen molar-refractivity contribution in [3.05, 3.63) is 0 Å². The minimum Gasteiger partial charge on any atom is -0.340 e. The van der Waals surface area contributed by atoms with Gasteiger partial charge in [-0.15, -0.1) is 0 Å². The predicted octanol–water partition coefficient (Wildman–Crippen LogP) is -1.53. The second kappa shape index (κ2) is 3.80. The van der Waals surface area contributed by atoms with Gasteiger partial charge >= 0.3 is 0 Å². The second-order valence-corrected chi connectivity index (χ2v) is 4.96. The van der Waals surface area contributed by atoms with E-state index in [0.717, 1.165) is 19.4 Å². The van der Waals surface area contributed by atoms with Gasteiger partial charge in [0.2, 0.25) is 17.7 Å². The van der Waals surface area contributed by atoms with E-state index in [1.807, 2.05) is 0 Å². The number of fused-ring (bicyclic) bond motifs is 1. The van der Waals surface area contributed by atoms with Crippen LogP contribution in [0, 0.1) is 11.8 Å². The molecule has 0 aromatic carbocycles. The van der Waals surface area contributed by atoms with Crippen molar-refractivity contribution in [2.75, 3.05) is 19.6 Å². The fraction of sp³-hybridized carbons (Fsp3) is 0.727. The first-order valence-corrected chi connectivity index (χ1v) is 6.03. The van der Waals surface area contributed by atoms with E-state index in [4.69, 9.17) is 0 Å². The monoisotopic (exact) mass is 237 g/mol. The highest BCUT2D eigenvalue weighted by Crippen LogP contribution is 2.29. The van der Waals surface area contributed by atoms with E-state index in [9.17, 15) is 14.4 Å². The van der Waals surface area contributed by atoms with Gasteiger partial charge < -0.3 is 10.2 Å². The smallest absolute Gasteiger partial charge is 0.239 e. The maximum Gasteiger partial charge on any atom is 0.239 e. The Morgan fingerprint density at radius 2 is 1.82 bits per heavy atom. The van der Waals surface area contributed by atoms with Crippen LogP contribution in [-0.2, 0) is 14.4 Å². The highest BCUT2D eigenvalue weighted by atomic mass is 16.2. The maximum absolute atomic E-state index is 12.1. The number of rotatable bonds is 1. The fourth-order valence-corrected chi connectivity index (χ4v) is 2.94. The normalized spacial score (nSPS) is 36.2. The molecule has 0 aromatic heterocycles. The Kier molecular flexibility index (Phi) is 2.39. The van der Waals surface area contributed by atoms with Crippen molar-refractivity contribution >= 4 is 17.7 Å². The highest BCUT2D eigenvalue weighted by Gasteiger charge is 2.49. The number of hydrogen-bond acceptors (Lipinski definition) is 4. The number of amides is 3. The molecular formula is C11H15N3O3. The molecule has 92 valence electrons. The van der Waals surface area contributed by atoms with Crippen molar-refractivity contribution in [1.29, 1.82) is 0 Å². The van der Waals surface area contributed by atoms with Crippen molar-refractivity contribution in [1.82, 2.24) is 15.5 Å². The molecule has 0 aromatic rings. The number of carbonyl (C=O) groups excluding carboxylic acids is 3. The Bertz CT molecular complexity index is 367. The molecule has 0 bridgehead atoms. The first-order valence-electron chi connectivity index (χ1n) is 6.03. The van der Waals surface area contributed by atoms with Crippen LogP contribution in [0.5, 0.6) is 0 Å². The molecule has 6 heteroatoms. The molecule has 0 aliphatic carbocycles. The summed E-state index contributed by atoms with van der Waals surface area (Å²) < 4.78 is 0. The average molecular weight is 237 g/mol. The number of nitrogens with one attached hydrogen (secondary N) is 2. The van der Waals surface area contributed by atoms with E-state index in [2.05, 4.69) is 10.6 Å². The lowest BCUT2D eigenvalue weighted by Crippen LogP contribution is -2.44. The van der Waals surface area contributed by atoms with E-state index in [1.54, 1.807) is 4.90 Å². The summed E-state index contributed by atoms with van der Waals surface area (Å²) in [7, 11) is 0. The molecule has 3 heterocycles. The standard InChI is InChI=1S/C11H15N3O3/c15-9-6-4-14(5-7(6)10(16)13-9)11(17)8-2-1-3-12-8/h6-8,12H,1-5H2,(H,13,15,16)/t6-,7+,8-/m1/s1. The maximum atomic E-state index is 12.1. The summed E-state index contributed by atoms with van der Waals surface area (Å²) in [5.41, 5.74) is 0. The van der Waals surface area contributed by atoms with Gasteiger partial charge in [-0.05, 0) is 19.4 Å². The van der Waals surface area contributed by atoms with Crippen LogP contribution >= 0.6 is 0 Å². The number of carbonyl (C=O) groups is 3. The van der Waals surface area contributed by atoms with Crippen LogP contribution in [0.3, 0.4) is 0 Å². The van der Waals surface area contributed by atoms with Gasteiger partial charge in [-0.3, -0.25) is 19.7 Å². The number of likely N-dealkylation sites (tertiary alicyclic amines) is 1. The van der Waals surface area contributed by atoms with E-state index in [0.29, 0.717) is 13.1 Å². The van der Waals surface area contributed by atoms with Gasteiger partial charge in [0.25, 0.3) is 0 Å². The van der Waals surface area contributed by atoms with Gasteiger partial charge in [0, 0.05) is 13.1 Å². The first kappa shape index (κ1) is 10.7. The Hall–Kier alpha value is -1.43. The molecule has 0 saturated carbocycles. The molecule has 3 amide bonds. The van der Waals surface area contributed by atoms with E-state index >= 15 is 0 Å². The van der Waals surface area contributed by atoms with E-state index in [-0.39, 0.29) is 35.6 Å². The largest absolute Gasteiger partial charge is 0.340 e. The number of hydrogen-bond donors (Lipinski definition) is 2. The van der Waals surface area contributed by atoms with Crippen molar-refractivity contribution in [3.63, 3.8) is 0 Å². The zero-order valence-corrected chi connectivity index (χ0v) is 9.44. The molecule has 0 spiro atoms. The molecule has 17 heavy (non-hydrogen) atoms. The van der Waals surface area contributed by atoms with Gasteiger partial charge in [-0.1, -0.05) is 0 Å². The number of imide groups is 1. The summed E-state index contributed by atoms with van der Waals surface area (Å²) in [6.45, 7) is 1.65. The van der Waals surface area contributed by atoms with Crippen LogP contribution in [0.25, 0.3) is 0 Å². The Labute approximate surface area is 98.7 Å². The van der Waals surface area contributed by atoms with Crippen LogP contribution in [0.4, 0.5) is 0 Å². The SMILES string of the molecule is O=C1NC(=O)[C@@H]2CN(C(=O)[C@H]3CCCN3)C[C@H]12. The second-order valence-electron chi connectivity index (χ2n) is 4.96. The third kappa shape index (κ3) is 1.63. The van der Waals surface area contributed by atoms with Gasteiger partial charge in [0.15, 0.2) is 0 Å². The molecular weight excluding hydrogens is 222 g/mol. The summed E-state index contributed by atoms with van der Waals surface area (Å²) in [4.78, 5) is 36.7. The Morgan fingerprint density at radius 3 is 2.35 bits per heavy atom. The Morgan fingerprint density at radius 1 is 1.18 bits per heavy atom. The van der Waals surface area contributed by atoms with Crippen molar-refractivity contribution in [2.45, 2.75) is 18.9 Å². The fourth-order valence-electron chi connectivity index (χ4n) is 2.94. The minimum absolute atomic E-state index is 0.0394. The Balaban J connectivity index is 1.70.